The highest BCUT2D eigenvalue weighted by Gasteiger charge is 2.09. The SMILES string of the molecule is O=C(C=Cc1ccc(-c2ccccc2Cl)o1)c1cccc2ccccc12. The summed E-state index contributed by atoms with van der Waals surface area (Å²) in [5.74, 6) is 1.22. The smallest absolute Gasteiger partial charge is 0.186 e. The van der Waals surface area contributed by atoms with Gasteiger partial charge in [-0.25, -0.2) is 0 Å². The van der Waals surface area contributed by atoms with E-state index in [0.29, 0.717) is 22.1 Å². The predicted molar refractivity (Wildman–Crippen MR) is 106 cm³/mol. The van der Waals surface area contributed by atoms with Crippen molar-refractivity contribution in [1.82, 2.24) is 0 Å². The van der Waals surface area contributed by atoms with E-state index in [1.807, 2.05) is 78.9 Å². The molecule has 0 saturated carbocycles. The lowest BCUT2D eigenvalue weighted by atomic mass is 10.0. The molecule has 0 aliphatic heterocycles. The first-order valence-electron chi connectivity index (χ1n) is 8.27. The number of halogens is 1. The lowest BCUT2D eigenvalue weighted by Gasteiger charge is -2.02. The highest BCUT2D eigenvalue weighted by molar-refractivity contribution is 6.33. The Labute approximate surface area is 156 Å². The van der Waals surface area contributed by atoms with Gasteiger partial charge in [-0.15, -0.1) is 0 Å². The summed E-state index contributed by atoms with van der Waals surface area (Å²) in [6, 6.07) is 24.8. The van der Waals surface area contributed by atoms with Gasteiger partial charge in [0.1, 0.15) is 11.5 Å². The van der Waals surface area contributed by atoms with Gasteiger partial charge in [0.2, 0.25) is 0 Å². The minimum Gasteiger partial charge on any atom is -0.457 e. The maximum absolute atomic E-state index is 12.6. The number of rotatable bonds is 4. The zero-order valence-electron chi connectivity index (χ0n) is 13.9. The number of furan rings is 1. The van der Waals surface area contributed by atoms with Crippen molar-refractivity contribution < 1.29 is 9.21 Å². The Morgan fingerprint density at radius 1 is 0.846 bits per heavy atom. The topological polar surface area (TPSA) is 30.2 Å². The second-order valence-electron chi connectivity index (χ2n) is 5.91. The van der Waals surface area contributed by atoms with Gasteiger partial charge in [-0.3, -0.25) is 4.79 Å². The lowest BCUT2D eigenvalue weighted by Crippen LogP contribution is -1.95. The van der Waals surface area contributed by atoms with Gasteiger partial charge in [0.15, 0.2) is 5.78 Å². The molecule has 4 aromatic rings. The predicted octanol–water partition coefficient (Wildman–Crippen LogP) is 6.65. The first-order valence-corrected chi connectivity index (χ1v) is 8.65. The summed E-state index contributed by atoms with van der Waals surface area (Å²) in [7, 11) is 0. The Hall–Kier alpha value is -3.10. The van der Waals surface area contributed by atoms with Crippen molar-refractivity contribution in [3.8, 4) is 11.3 Å². The molecule has 0 atom stereocenters. The second-order valence-corrected chi connectivity index (χ2v) is 6.31. The van der Waals surface area contributed by atoms with Crippen LogP contribution in [0.25, 0.3) is 28.2 Å². The molecule has 0 aliphatic carbocycles. The molecular weight excluding hydrogens is 344 g/mol. The number of carbonyl (C=O) groups is 1. The van der Waals surface area contributed by atoms with E-state index in [1.54, 1.807) is 6.08 Å². The Morgan fingerprint density at radius 3 is 2.50 bits per heavy atom. The maximum Gasteiger partial charge on any atom is 0.186 e. The van der Waals surface area contributed by atoms with Gasteiger partial charge in [-0.2, -0.15) is 0 Å². The minimum atomic E-state index is -0.0579. The number of fused-ring (bicyclic) bond motifs is 1. The molecule has 126 valence electrons. The Morgan fingerprint density at radius 2 is 1.62 bits per heavy atom. The highest BCUT2D eigenvalue weighted by atomic mass is 35.5. The van der Waals surface area contributed by atoms with E-state index >= 15 is 0 Å². The Bertz CT molecular complexity index is 1120. The van der Waals surface area contributed by atoms with E-state index in [4.69, 9.17) is 16.0 Å². The molecule has 0 fully saturated rings. The summed E-state index contributed by atoms with van der Waals surface area (Å²) >= 11 is 6.20. The third kappa shape index (κ3) is 3.19. The fraction of sp³-hybridized carbons (Fsp3) is 0. The molecule has 2 nitrogen and oxygen atoms in total. The molecule has 3 aromatic carbocycles. The molecule has 0 spiro atoms. The molecule has 1 aromatic heterocycles. The van der Waals surface area contributed by atoms with Crippen molar-refractivity contribution in [2.45, 2.75) is 0 Å². The molecule has 0 radical (unpaired) electrons. The van der Waals surface area contributed by atoms with Crippen LogP contribution in [0.1, 0.15) is 16.1 Å². The number of hydrogen-bond acceptors (Lipinski definition) is 2. The summed E-state index contributed by atoms with van der Waals surface area (Å²) in [6.07, 6.45) is 3.22. The highest BCUT2D eigenvalue weighted by Crippen LogP contribution is 2.29. The van der Waals surface area contributed by atoms with E-state index < -0.39 is 0 Å². The van der Waals surface area contributed by atoms with E-state index in [9.17, 15) is 4.79 Å². The second kappa shape index (κ2) is 7.03. The van der Waals surface area contributed by atoms with Crippen LogP contribution >= 0.6 is 11.6 Å². The largest absolute Gasteiger partial charge is 0.457 e. The van der Waals surface area contributed by atoms with Gasteiger partial charge in [0.25, 0.3) is 0 Å². The fourth-order valence-corrected chi connectivity index (χ4v) is 3.16. The van der Waals surface area contributed by atoms with Crippen molar-refractivity contribution in [1.29, 1.82) is 0 Å². The average molecular weight is 359 g/mol. The summed E-state index contributed by atoms with van der Waals surface area (Å²) in [6.45, 7) is 0. The van der Waals surface area contributed by atoms with E-state index in [0.717, 1.165) is 16.3 Å². The maximum atomic E-state index is 12.6. The van der Waals surface area contributed by atoms with Gasteiger partial charge in [0, 0.05) is 11.1 Å². The van der Waals surface area contributed by atoms with Crippen molar-refractivity contribution in [3.63, 3.8) is 0 Å². The van der Waals surface area contributed by atoms with Crippen LogP contribution in [-0.4, -0.2) is 5.78 Å². The fourth-order valence-electron chi connectivity index (χ4n) is 2.94. The third-order valence-electron chi connectivity index (χ3n) is 4.22. The molecular formula is C23H15ClO2. The molecule has 0 N–H and O–H groups in total. The monoisotopic (exact) mass is 358 g/mol. The number of carbonyl (C=O) groups excluding carboxylic acids is 1. The number of ketones is 1. The zero-order chi connectivity index (χ0) is 17.9. The van der Waals surface area contributed by atoms with Crippen LogP contribution in [0.2, 0.25) is 5.02 Å². The molecule has 26 heavy (non-hydrogen) atoms. The number of hydrogen-bond donors (Lipinski definition) is 0. The number of benzene rings is 3. The van der Waals surface area contributed by atoms with Gasteiger partial charge >= 0.3 is 0 Å². The van der Waals surface area contributed by atoms with Crippen molar-refractivity contribution in [2.75, 3.05) is 0 Å². The molecule has 0 unspecified atom stereocenters. The van der Waals surface area contributed by atoms with Gasteiger partial charge in [-0.1, -0.05) is 66.2 Å². The molecule has 0 bridgehead atoms. The average Bonchev–Trinajstić information content (AvgIpc) is 3.15. The molecule has 0 amide bonds. The van der Waals surface area contributed by atoms with Crippen LogP contribution in [0.5, 0.6) is 0 Å². The van der Waals surface area contributed by atoms with Gasteiger partial charge in [0.05, 0.1) is 5.02 Å². The molecule has 3 heteroatoms. The van der Waals surface area contributed by atoms with E-state index in [1.165, 1.54) is 6.08 Å². The zero-order valence-corrected chi connectivity index (χ0v) is 14.6. The molecule has 4 rings (SSSR count). The van der Waals surface area contributed by atoms with E-state index in [2.05, 4.69) is 0 Å². The van der Waals surface area contributed by atoms with E-state index in [-0.39, 0.29) is 5.78 Å². The first kappa shape index (κ1) is 16.4. The summed E-state index contributed by atoms with van der Waals surface area (Å²) in [5, 5.41) is 2.62. The van der Waals surface area contributed by atoms with Crippen LogP contribution in [0.3, 0.4) is 0 Å². The quantitative estimate of drug-likeness (QED) is 0.302. The number of allylic oxidation sites excluding steroid dienone is 1. The van der Waals surface area contributed by atoms with Crippen molar-refractivity contribution >= 4 is 34.2 Å². The van der Waals surface area contributed by atoms with Crippen LogP contribution in [0.4, 0.5) is 0 Å². The molecule has 0 saturated heterocycles. The van der Waals surface area contributed by atoms with Crippen LogP contribution in [0.15, 0.2) is 89.4 Å². The normalized spacial score (nSPS) is 11.3. The molecule has 0 aliphatic rings. The Balaban J connectivity index is 1.60. The van der Waals surface area contributed by atoms with Crippen molar-refractivity contribution in [2.24, 2.45) is 0 Å². The third-order valence-corrected chi connectivity index (χ3v) is 4.55. The first-order chi connectivity index (χ1) is 12.7. The summed E-state index contributed by atoms with van der Waals surface area (Å²) < 4.78 is 5.80. The van der Waals surface area contributed by atoms with Crippen LogP contribution in [0, 0.1) is 0 Å². The lowest BCUT2D eigenvalue weighted by molar-refractivity contribution is 0.104. The standard InChI is InChI=1S/C23H15ClO2/c24-21-11-4-3-9-20(21)23-15-13-17(26-23)12-14-22(25)19-10-5-7-16-6-1-2-8-18(16)19/h1-15H. The summed E-state index contributed by atoms with van der Waals surface area (Å²) in [4.78, 5) is 12.6. The van der Waals surface area contributed by atoms with Crippen molar-refractivity contribution in [3.05, 3.63) is 101 Å². The van der Waals surface area contributed by atoms with Gasteiger partial charge < -0.3 is 4.42 Å². The summed E-state index contributed by atoms with van der Waals surface area (Å²) in [5.41, 5.74) is 1.51. The van der Waals surface area contributed by atoms with Gasteiger partial charge in [-0.05, 0) is 47.2 Å². The van der Waals surface area contributed by atoms with Crippen LogP contribution in [-0.2, 0) is 0 Å². The van der Waals surface area contributed by atoms with Crippen LogP contribution < -0.4 is 0 Å². The Kier molecular flexibility index (Phi) is 4.42. The molecule has 1 heterocycles. The minimum absolute atomic E-state index is 0.0579.